The van der Waals surface area contributed by atoms with Crippen molar-refractivity contribution >= 4 is 35.0 Å². The first-order valence-electron chi connectivity index (χ1n) is 14.2. The van der Waals surface area contributed by atoms with Crippen molar-refractivity contribution in [1.29, 1.82) is 0 Å². The van der Waals surface area contributed by atoms with E-state index >= 15 is 4.39 Å². The predicted molar refractivity (Wildman–Crippen MR) is 153 cm³/mol. The molecule has 0 bridgehead atoms. The van der Waals surface area contributed by atoms with E-state index in [1.807, 2.05) is 18.2 Å². The van der Waals surface area contributed by atoms with Gasteiger partial charge in [0.15, 0.2) is 0 Å². The van der Waals surface area contributed by atoms with Crippen molar-refractivity contribution < 1.29 is 14.0 Å². The van der Waals surface area contributed by atoms with Crippen LogP contribution < -0.4 is 10.6 Å². The van der Waals surface area contributed by atoms with Crippen molar-refractivity contribution in [1.82, 2.24) is 15.5 Å². The Kier molecular flexibility index (Phi) is 8.85. The summed E-state index contributed by atoms with van der Waals surface area (Å²) in [6.07, 6.45) is 6.72. The number of nitrogens with one attached hydrogen (secondary N) is 2. The highest BCUT2D eigenvalue weighted by atomic mass is 35.5. The Balaban J connectivity index is 1.18. The van der Waals surface area contributed by atoms with Crippen molar-refractivity contribution in [3.8, 4) is 0 Å². The molecule has 1 saturated heterocycles. The fraction of sp³-hybridized carbons (Fsp3) is 0.548. The Morgan fingerprint density at radius 3 is 2.51 bits per heavy atom. The second-order valence-electron chi connectivity index (χ2n) is 12.0. The molecule has 5 rings (SSSR count). The summed E-state index contributed by atoms with van der Waals surface area (Å²) in [4.78, 5) is 28.9. The number of rotatable bonds is 8. The van der Waals surface area contributed by atoms with Gasteiger partial charge in [0, 0.05) is 30.6 Å². The van der Waals surface area contributed by atoms with E-state index in [1.54, 1.807) is 0 Å². The van der Waals surface area contributed by atoms with Crippen LogP contribution in [0.25, 0.3) is 0 Å². The van der Waals surface area contributed by atoms with Gasteiger partial charge in [-0.05, 0) is 68.2 Å². The zero-order chi connectivity index (χ0) is 27.6. The summed E-state index contributed by atoms with van der Waals surface area (Å²) >= 11 is 12.8. The van der Waals surface area contributed by atoms with Gasteiger partial charge >= 0.3 is 0 Å². The van der Waals surface area contributed by atoms with E-state index < -0.39 is 11.9 Å². The fourth-order valence-electron chi connectivity index (χ4n) is 6.84. The third kappa shape index (κ3) is 6.44. The number of hydrogen-bond acceptors (Lipinski definition) is 3. The number of benzene rings is 2. The summed E-state index contributed by atoms with van der Waals surface area (Å²) in [5.41, 5.74) is 1.24. The Morgan fingerprint density at radius 2 is 1.77 bits per heavy atom. The maximum Gasteiger partial charge on any atom is 0.224 e. The van der Waals surface area contributed by atoms with Crippen molar-refractivity contribution in [2.45, 2.75) is 76.9 Å². The largest absolute Gasteiger partial charge is 0.353 e. The Bertz CT molecular complexity index is 1190. The number of hydrogen-bond donors (Lipinski definition) is 2. The second kappa shape index (κ2) is 12.2. The Morgan fingerprint density at radius 1 is 1.03 bits per heavy atom. The molecule has 2 amide bonds. The molecule has 1 aliphatic heterocycles. The highest BCUT2D eigenvalue weighted by molar-refractivity contribution is 6.42. The maximum atomic E-state index is 15.1. The third-order valence-corrected chi connectivity index (χ3v) is 9.96. The van der Waals surface area contributed by atoms with Crippen LogP contribution in [0.1, 0.15) is 75.5 Å². The van der Waals surface area contributed by atoms with E-state index in [0.29, 0.717) is 12.8 Å². The van der Waals surface area contributed by atoms with Gasteiger partial charge in [0.25, 0.3) is 0 Å². The van der Waals surface area contributed by atoms with Crippen LogP contribution in [0.2, 0.25) is 10.0 Å². The lowest BCUT2D eigenvalue weighted by molar-refractivity contribution is -0.127. The van der Waals surface area contributed by atoms with Crippen LogP contribution in [-0.2, 0) is 16.1 Å². The molecule has 3 fully saturated rings. The number of carbonyl (C=O) groups is 2. The molecular weight excluding hydrogens is 536 g/mol. The Labute approximate surface area is 240 Å². The predicted octanol–water partition coefficient (Wildman–Crippen LogP) is 6.68. The molecule has 5 nitrogen and oxygen atoms in total. The molecular formula is C31H38Cl2FN3O2. The minimum atomic E-state index is -0.554. The molecule has 0 aromatic heterocycles. The zero-order valence-corrected chi connectivity index (χ0v) is 24.0. The van der Waals surface area contributed by atoms with Gasteiger partial charge in [0.2, 0.25) is 11.8 Å². The topological polar surface area (TPSA) is 61.4 Å². The molecule has 1 unspecified atom stereocenters. The van der Waals surface area contributed by atoms with Crippen LogP contribution in [0.4, 0.5) is 4.39 Å². The first kappa shape index (κ1) is 28.4. The van der Waals surface area contributed by atoms with E-state index in [1.165, 1.54) is 17.7 Å². The van der Waals surface area contributed by atoms with Gasteiger partial charge in [-0.25, -0.2) is 4.39 Å². The highest BCUT2D eigenvalue weighted by Gasteiger charge is 2.43. The molecule has 2 N–H and O–H groups in total. The summed E-state index contributed by atoms with van der Waals surface area (Å²) in [6, 6.07) is 12.5. The molecule has 4 atom stereocenters. The second-order valence-corrected chi connectivity index (χ2v) is 12.8. The minimum Gasteiger partial charge on any atom is -0.353 e. The number of nitrogens with zero attached hydrogens (tertiary/aromatic N) is 1. The SMILES string of the molecule is CC1([C@H](NC(=O)[C@H]2CC[C@@H](NC(=O)C3CCN(Cc4ccccc4)C3)C2)c2c(F)ccc(Cl)c2Cl)CCCC1. The van der Waals surface area contributed by atoms with Crippen LogP contribution in [0, 0.1) is 23.1 Å². The van der Waals surface area contributed by atoms with Crippen molar-refractivity contribution in [3.05, 3.63) is 69.5 Å². The van der Waals surface area contributed by atoms with Crippen LogP contribution in [0.15, 0.2) is 42.5 Å². The molecule has 2 saturated carbocycles. The molecule has 2 aromatic rings. The van der Waals surface area contributed by atoms with E-state index in [-0.39, 0.29) is 50.7 Å². The van der Waals surface area contributed by atoms with Crippen molar-refractivity contribution in [2.24, 2.45) is 17.3 Å². The number of halogens is 3. The summed E-state index contributed by atoms with van der Waals surface area (Å²) in [6.45, 7) is 4.62. The first-order valence-corrected chi connectivity index (χ1v) is 15.0. The Hall–Kier alpha value is -2.15. The van der Waals surface area contributed by atoms with Gasteiger partial charge in [-0.1, -0.05) is 73.3 Å². The van der Waals surface area contributed by atoms with Crippen LogP contribution >= 0.6 is 23.2 Å². The van der Waals surface area contributed by atoms with Gasteiger partial charge in [0.05, 0.1) is 22.0 Å². The standard InChI is InChI=1S/C31H38Cl2FN3O2/c1-31(14-5-6-15-31)28(26-25(34)12-11-24(32)27(26)33)36-29(38)21-9-10-23(17-21)35-30(39)22-13-16-37(19-22)18-20-7-3-2-4-8-20/h2-4,7-8,11-12,21-23,28H,5-6,9-10,13-19H2,1H3,(H,35,39)(H,36,38)/t21-,22?,23+,28+/m0/s1. The van der Waals surface area contributed by atoms with E-state index in [4.69, 9.17) is 23.2 Å². The first-order chi connectivity index (χ1) is 18.7. The molecule has 39 heavy (non-hydrogen) atoms. The number of likely N-dealkylation sites (tertiary alicyclic amines) is 1. The number of carbonyl (C=O) groups excluding carboxylic acids is 2. The van der Waals surface area contributed by atoms with E-state index in [9.17, 15) is 9.59 Å². The molecule has 0 spiro atoms. The minimum absolute atomic E-state index is 0.0246. The lowest BCUT2D eigenvalue weighted by Crippen LogP contribution is -2.42. The zero-order valence-electron chi connectivity index (χ0n) is 22.5. The van der Waals surface area contributed by atoms with Crippen molar-refractivity contribution in [3.63, 3.8) is 0 Å². The fourth-order valence-corrected chi connectivity index (χ4v) is 7.26. The molecule has 3 aliphatic rings. The van der Waals surface area contributed by atoms with Crippen LogP contribution in [-0.4, -0.2) is 35.8 Å². The lowest BCUT2D eigenvalue weighted by atomic mass is 9.76. The normalized spacial score (nSPS) is 25.5. The summed E-state index contributed by atoms with van der Waals surface area (Å²) in [5, 5.41) is 6.86. The molecule has 210 valence electrons. The van der Waals surface area contributed by atoms with Crippen LogP contribution in [0.5, 0.6) is 0 Å². The summed E-state index contributed by atoms with van der Waals surface area (Å²) in [5.74, 6) is -0.726. The monoisotopic (exact) mass is 573 g/mol. The average Bonchev–Trinajstić information content (AvgIpc) is 3.68. The quantitative estimate of drug-likeness (QED) is 0.346. The van der Waals surface area contributed by atoms with E-state index in [2.05, 4.69) is 34.6 Å². The molecule has 2 aromatic carbocycles. The smallest absolute Gasteiger partial charge is 0.224 e. The molecule has 8 heteroatoms. The van der Waals surface area contributed by atoms with Crippen LogP contribution in [0.3, 0.4) is 0 Å². The van der Waals surface area contributed by atoms with Gasteiger partial charge < -0.3 is 10.6 Å². The van der Waals surface area contributed by atoms with Crippen molar-refractivity contribution in [2.75, 3.05) is 13.1 Å². The maximum absolute atomic E-state index is 15.1. The third-order valence-electron chi connectivity index (χ3n) is 9.14. The average molecular weight is 575 g/mol. The van der Waals surface area contributed by atoms with Gasteiger partial charge in [0.1, 0.15) is 5.82 Å². The van der Waals surface area contributed by atoms with Gasteiger partial charge in [-0.15, -0.1) is 0 Å². The number of amides is 2. The van der Waals surface area contributed by atoms with Gasteiger partial charge in [-0.2, -0.15) is 0 Å². The van der Waals surface area contributed by atoms with E-state index in [0.717, 1.165) is 58.2 Å². The molecule has 1 heterocycles. The summed E-state index contributed by atoms with van der Waals surface area (Å²) in [7, 11) is 0. The molecule has 2 aliphatic carbocycles. The molecule has 0 radical (unpaired) electrons. The van der Waals surface area contributed by atoms with Gasteiger partial charge in [-0.3, -0.25) is 14.5 Å². The summed E-state index contributed by atoms with van der Waals surface area (Å²) < 4.78 is 15.1. The highest BCUT2D eigenvalue weighted by Crippen LogP contribution is 2.50. The lowest BCUT2D eigenvalue weighted by Gasteiger charge is -2.36.